The first-order valence-corrected chi connectivity index (χ1v) is 15.3. The Hall–Kier alpha value is -2.50. The molecule has 0 aliphatic rings. The van der Waals surface area contributed by atoms with Gasteiger partial charge in [-0.25, -0.2) is 0 Å². The number of benzene rings is 5. The highest BCUT2D eigenvalue weighted by atomic mass is 32.2. The lowest BCUT2D eigenvalue weighted by atomic mass is 10.1. The Kier molecular flexibility index (Phi) is 9.20. The third-order valence-corrected chi connectivity index (χ3v) is 10.7. The van der Waals surface area contributed by atoms with Gasteiger partial charge >= 0.3 is 0 Å². The standard InChI is InChI=1S/C32H26S4/c1-5-16-27(17-6-1)33-31(34-28-18-7-2-8-19-28)25-14-13-15-26(24-25)32(35-29-20-9-3-10-21-29)36-30-22-11-4-12-23-30/h1-24,31-32H. The first kappa shape index (κ1) is 25.2. The maximum absolute atomic E-state index is 2.41. The SMILES string of the molecule is c1ccc(SC(Sc2ccccc2)c2cccc(C(Sc3ccccc3)Sc3ccccc3)c2)cc1. The highest BCUT2D eigenvalue weighted by Crippen LogP contribution is 2.50. The zero-order valence-electron chi connectivity index (χ0n) is 19.6. The summed E-state index contributed by atoms with van der Waals surface area (Å²) in [5.74, 6) is 0. The van der Waals surface area contributed by atoms with Gasteiger partial charge in [0, 0.05) is 19.6 Å². The molecule has 36 heavy (non-hydrogen) atoms. The molecular weight excluding hydrogens is 513 g/mol. The Morgan fingerprint density at radius 1 is 0.306 bits per heavy atom. The van der Waals surface area contributed by atoms with Gasteiger partial charge < -0.3 is 0 Å². The van der Waals surface area contributed by atoms with E-state index in [2.05, 4.69) is 146 Å². The van der Waals surface area contributed by atoms with E-state index >= 15 is 0 Å². The molecule has 0 N–H and O–H groups in total. The fourth-order valence-electron chi connectivity index (χ4n) is 3.66. The summed E-state index contributed by atoms with van der Waals surface area (Å²) in [7, 11) is 0. The molecule has 0 atom stereocenters. The predicted molar refractivity (Wildman–Crippen MR) is 161 cm³/mol. The fourth-order valence-corrected chi connectivity index (χ4v) is 8.76. The average molecular weight is 539 g/mol. The summed E-state index contributed by atoms with van der Waals surface area (Å²) in [5, 5.41) is 0. The third kappa shape index (κ3) is 7.27. The maximum Gasteiger partial charge on any atom is 0.0845 e. The Balaban J connectivity index is 1.47. The van der Waals surface area contributed by atoms with Crippen molar-refractivity contribution in [1.82, 2.24) is 0 Å². The summed E-state index contributed by atoms with van der Waals surface area (Å²) in [6, 6.07) is 52.0. The van der Waals surface area contributed by atoms with Gasteiger partial charge in [0.2, 0.25) is 0 Å². The number of hydrogen-bond donors (Lipinski definition) is 0. The van der Waals surface area contributed by atoms with Crippen molar-refractivity contribution in [3.05, 3.63) is 157 Å². The zero-order valence-corrected chi connectivity index (χ0v) is 22.9. The van der Waals surface area contributed by atoms with Gasteiger partial charge in [0.25, 0.3) is 0 Å². The van der Waals surface area contributed by atoms with Crippen LogP contribution in [0.25, 0.3) is 0 Å². The van der Waals surface area contributed by atoms with Crippen LogP contribution in [0.4, 0.5) is 0 Å². The summed E-state index contributed by atoms with van der Waals surface area (Å²) in [4.78, 5) is 5.13. The Morgan fingerprint density at radius 3 is 0.861 bits per heavy atom. The molecule has 0 aliphatic heterocycles. The molecule has 0 fully saturated rings. The van der Waals surface area contributed by atoms with Crippen LogP contribution in [-0.4, -0.2) is 0 Å². The van der Waals surface area contributed by atoms with E-state index in [1.807, 2.05) is 47.0 Å². The van der Waals surface area contributed by atoms with Crippen LogP contribution in [0.1, 0.15) is 20.3 Å². The molecule has 4 heteroatoms. The second kappa shape index (κ2) is 13.2. The monoisotopic (exact) mass is 538 g/mol. The minimum atomic E-state index is 0.249. The number of rotatable bonds is 10. The third-order valence-electron chi connectivity index (χ3n) is 5.40. The molecule has 0 radical (unpaired) electrons. The molecule has 0 saturated carbocycles. The topological polar surface area (TPSA) is 0 Å². The molecule has 5 rings (SSSR count). The van der Waals surface area contributed by atoms with Crippen molar-refractivity contribution in [1.29, 1.82) is 0 Å². The Morgan fingerprint density at radius 2 is 0.583 bits per heavy atom. The fraction of sp³-hybridized carbons (Fsp3) is 0.0625. The van der Waals surface area contributed by atoms with E-state index in [4.69, 9.17) is 0 Å². The van der Waals surface area contributed by atoms with E-state index in [0.717, 1.165) is 0 Å². The lowest BCUT2D eigenvalue weighted by molar-refractivity contribution is 1.27. The molecule has 0 nitrogen and oxygen atoms in total. The van der Waals surface area contributed by atoms with Crippen LogP contribution in [0.3, 0.4) is 0 Å². The molecule has 178 valence electrons. The van der Waals surface area contributed by atoms with Crippen LogP contribution in [-0.2, 0) is 0 Å². The van der Waals surface area contributed by atoms with Crippen molar-refractivity contribution < 1.29 is 0 Å². The van der Waals surface area contributed by atoms with Crippen LogP contribution >= 0.6 is 47.0 Å². The second-order valence-electron chi connectivity index (χ2n) is 8.06. The molecule has 0 aromatic heterocycles. The maximum atomic E-state index is 2.41. The van der Waals surface area contributed by atoms with Crippen LogP contribution in [0.2, 0.25) is 0 Å². The average Bonchev–Trinajstić information content (AvgIpc) is 2.95. The largest absolute Gasteiger partial charge is 0.107 e. The molecule has 0 aliphatic carbocycles. The summed E-state index contributed by atoms with van der Waals surface area (Å²) in [5.41, 5.74) is 2.67. The van der Waals surface area contributed by atoms with E-state index in [1.165, 1.54) is 30.7 Å². The summed E-state index contributed by atoms with van der Waals surface area (Å²) >= 11 is 7.66. The highest BCUT2D eigenvalue weighted by Gasteiger charge is 2.20. The first-order valence-electron chi connectivity index (χ1n) is 11.8. The van der Waals surface area contributed by atoms with Gasteiger partial charge in [-0.15, -0.1) is 47.0 Å². The van der Waals surface area contributed by atoms with Gasteiger partial charge in [-0.2, -0.15) is 0 Å². The molecule has 0 saturated heterocycles. The molecule has 0 spiro atoms. The Labute approximate surface area is 231 Å². The minimum absolute atomic E-state index is 0.249. The van der Waals surface area contributed by atoms with Crippen molar-refractivity contribution in [3.63, 3.8) is 0 Å². The molecule has 0 amide bonds. The molecule has 5 aromatic rings. The van der Waals surface area contributed by atoms with E-state index in [0.29, 0.717) is 0 Å². The molecular formula is C32H26S4. The summed E-state index contributed by atoms with van der Waals surface area (Å²) in [6.45, 7) is 0. The lowest BCUT2D eigenvalue weighted by Crippen LogP contribution is -1.95. The predicted octanol–water partition coefficient (Wildman–Crippen LogP) is 10.9. The summed E-state index contributed by atoms with van der Waals surface area (Å²) in [6.07, 6.45) is 0. The second-order valence-corrected chi connectivity index (χ2v) is 13.4. The number of hydrogen-bond acceptors (Lipinski definition) is 4. The van der Waals surface area contributed by atoms with E-state index in [1.54, 1.807) is 0 Å². The van der Waals surface area contributed by atoms with E-state index < -0.39 is 0 Å². The van der Waals surface area contributed by atoms with Crippen LogP contribution in [0.5, 0.6) is 0 Å². The van der Waals surface area contributed by atoms with E-state index in [-0.39, 0.29) is 9.16 Å². The summed E-state index contributed by atoms with van der Waals surface area (Å²) < 4.78 is 0.498. The van der Waals surface area contributed by atoms with Gasteiger partial charge in [-0.3, -0.25) is 0 Å². The Bertz CT molecular complexity index is 1140. The lowest BCUT2D eigenvalue weighted by Gasteiger charge is -2.21. The zero-order chi connectivity index (χ0) is 24.4. The van der Waals surface area contributed by atoms with Crippen molar-refractivity contribution in [3.8, 4) is 0 Å². The smallest absolute Gasteiger partial charge is 0.0845 e. The van der Waals surface area contributed by atoms with Gasteiger partial charge in [0.05, 0.1) is 9.16 Å². The van der Waals surface area contributed by atoms with Crippen molar-refractivity contribution in [2.45, 2.75) is 28.7 Å². The van der Waals surface area contributed by atoms with Crippen LogP contribution in [0.15, 0.2) is 165 Å². The van der Waals surface area contributed by atoms with Gasteiger partial charge in [0.1, 0.15) is 0 Å². The van der Waals surface area contributed by atoms with Crippen LogP contribution < -0.4 is 0 Å². The van der Waals surface area contributed by atoms with E-state index in [9.17, 15) is 0 Å². The molecule has 5 aromatic carbocycles. The van der Waals surface area contributed by atoms with Gasteiger partial charge in [-0.05, 0) is 59.7 Å². The molecule has 0 bridgehead atoms. The minimum Gasteiger partial charge on any atom is -0.107 e. The molecule has 0 unspecified atom stereocenters. The normalized spacial score (nSPS) is 11.2. The van der Waals surface area contributed by atoms with Gasteiger partial charge in [0.15, 0.2) is 0 Å². The quantitative estimate of drug-likeness (QED) is 0.128. The van der Waals surface area contributed by atoms with Gasteiger partial charge in [-0.1, -0.05) is 97.1 Å². The highest BCUT2D eigenvalue weighted by molar-refractivity contribution is 8.16. The van der Waals surface area contributed by atoms with Crippen molar-refractivity contribution in [2.75, 3.05) is 0 Å². The first-order chi connectivity index (χ1) is 17.8. The van der Waals surface area contributed by atoms with Crippen molar-refractivity contribution in [2.24, 2.45) is 0 Å². The van der Waals surface area contributed by atoms with Crippen molar-refractivity contribution >= 4 is 47.0 Å². The number of thioether (sulfide) groups is 4. The van der Waals surface area contributed by atoms with Crippen LogP contribution in [0, 0.1) is 0 Å². The molecule has 0 heterocycles.